The van der Waals surface area contributed by atoms with Crippen LogP contribution < -0.4 is 0 Å². The number of aldehydes is 3. The molecule has 0 fully saturated rings. The Labute approximate surface area is 76.2 Å². The van der Waals surface area contributed by atoms with Gasteiger partial charge in [-0.15, -0.1) is 0 Å². The van der Waals surface area contributed by atoms with Crippen molar-refractivity contribution < 1.29 is 14.4 Å². The molecule has 12 heavy (non-hydrogen) atoms. The van der Waals surface area contributed by atoms with Crippen LogP contribution in [0.5, 0.6) is 0 Å². The summed E-state index contributed by atoms with van der Waals surface area (Å²) >= 11 is 1.66. The van der Waals surface area contributed by atoms with Gasteiger partial charge in [0, 0.05) is 5.75 Å². The molecule has 0 radical (unpaired) electrons. The highest BCUT2D eigenvalue weighted by atomic mass is 32.2. The van der Waals surface area contributed by atoms with E-state index in [1.54, 1.807) is 11.8 Å². The third-order valence-corrected chi connectivity index (χ3v) is 1.51. The smallest absolute Gasteiger partial charge is 0.182 e. The van der Waals surface area contributed by atoms with Crippen molar-refractivity contribution in [1.29, 1.82) is 0 Å². The Balaban J connectivity index is 0. The van der Waals surface area contributed by atoms with E-state index >= 15 is 0 Å². The van der Waals surface area contributed by atoms with Crippen LogP contribution in [0.1, 0.15) is 6.92 Å². The van der Waals surface area contributed by atoms with E-state index < -0.39 is 0 Å². The molecule has 0 aliphatic rings. The van der Waals surface area contributed by atoms with E-state index in [1.807, 2.05) is 19.3 Å². The van der Waals surface area contributed by atoms with Crippen LogP contribution in [0, 0.1) is 0 Å². The van der Waals surface area contributed by atoms with Crippen molar-refractivity contribution in [3.05, 3.63) is 11.6 Å². The van der Waals surface area contributed by atoms with Crippen molar-refractivity contribution >= 4 is 30.6 Å². The Bertz CT molecular complexity index is 158. The summed E-state index contributed by atoms with van der Waals surface area (Å²) in [6.45, 7) is 1.87. The molecule has 0 amide bonds. The Kier molecular flexibility index (Phi) is 14.5. The summed E-state index contributed by atoms with van der Waals surface area (Å²) in [7, 11) is 0. The molecule has 0 aromatic heterocycles. The normalized spacial score (nSPS) is 9.33. The molecule has 3 nitrogen and oxygen atoms in total. The summed E-state index contributed by atoms with van der Waals surface area (Å²) in [4.78, 5) is 27.7. The van der Waals surface area contributed by atoms with Crippen molar-refractivity contribution in [2.24, 2.45) is 0 Å². The summed E-state index contributed by atoms with van der Waals surface area (Å²) in [5.41, 5.74) is 0.873. The second-order valence-corrected chi connectivity index (χ2v) is 2.55. The molecular weight excluding hydrogens is 176 g/mol. The van der Waals surface area contributed by atoms with Gasteiger partial charge in [0.05, 0.1) is 0 Å². The van der Waals surface area contributed by atoms with Gasteiger partial charge in [0.1, 0.15) is 6.29 Å². The lowest BCUT2D eigenvalue weighted by Crippen LogP contribution is -1.85. The first kappa shape index (κ1) is 13.7. The van der Waals surface area contributed by atoms with Crippen LogP contribution in [0.25, 0.3) is 0 Å². The molecule has 0 atom stereocenters. The molecule has 0 aliphatic heterocycles. The number of rotatable bonds is 4. The van der Waals surface area contributed by atoms with E-state index in [2.05, 4.69) is 0 Å². The minimum Gasteiger partial charge on any atom is -0.298 e. The molecule has 68 valence electrons. The summed E-state index contributed by atoms with van der Waals surface area (Å²) in [5, 5.41) is 0. The van der Waals surface area contributed by atoms with Crippen LogP contribution in [-0.4, -0.2) is 30.9 Å². The second kappa shape index (κ2) is 12.7. The molecule has 0 rings (SSSR count). The van der Waals surface area contributed by atoms with Crippen molar-refractivity contribution in [2.45, 2.75) is 6.92 Å². The zero-order chi connectivity index (χ0) is 9.82. The average molecular weight is 188 g/mol. The van der Waals surface area contributed by atoms with E-state index in [1.165, 1.54) is 0 Å². The summed E-state index contributed by atoms with van der Waals surface area (Å²) in [5.74, 6) is 0.833. The Morgan fingerprint density at radius 1 is 1.25 bits per heavy atom. The Hall–Kier alpha value is -0.900. The quantitative estimate of drug-likeness (QED) is 0.373. The van der Waals surface area contributed by atoms with Gasteiger partial charge < -0.3 is 0 Å². The molecule has 4 heteroatoms. The van der Waals surface area contributed by atoms with Gasteiger partial charge in [-0.25, -0.2) is 0 Å². The highest BCUT2D eigenvalue weighted by Gasteiger charge is 1.87. The number of carbonyl (C=O) groups excluding carboxylic acids is 3. The molecule has 0 aromatic carbocycles. The zero-order valence-electron chi connectivity index (χ0n) is 7.15. The number of hydrogen-bond acceptors (Lipinski definition) is 4. The SMILES string of the molecule is C/C=C(\C=O)CSC.O=CC=O. The van der Waals surface area contributed by atoms with Gasteiger partial charge in [0.25, 0.3) is 0 Å². The maximum atomic E-state index is 10.0. The second-order valence-electron chi connectivity index (χ2n) is 1.69. The van der Waals surface area contributed by atoms with E-state index in [4.69, 9.17) is 9.59 Å². The van der Waals surface area contributed by atoms with Crippen LogP contribution in [0.2, 0.25) is 0 Å². The molecule has 0 unspecified atom stereocenters. The van der Waals surface area contributed by atoms with Gasteiger partial charge in [-0.1, -0.05) is 6.08 Å². The van der Waals surface area contributed by atoms with E-state index in [0.717, 1.165) is 17.6 Å². The molecule has 0 N–H and O–H groups in total. The monoisotopic (exact) mass is 188 g/mol. The van der Waals surface area contributed by atoms with E-state index in [0.29, 0.717) is 0 Å². The predicted molar refractivity (Wildman–Crippen MR) is 50.3 cm³/mol. The molecule has 0 spiro atoms. The lowest BCUT2D eigenvalue weighted by molar-refractivity contribution is -0.122. The first-order valence-corrected chi connectivity index (χ1v) is 4.64. The molecule has 0 saturated carbocycles. The molecular formula is C8H12O3S. The third kappa shape index (κ3) is 11.8. The maximum absolute atomic E-state index is 10.0. The van der Waals surface area contributed by atoms with E-state index in [-0.39, 0.29) is 12.6 Å². The average Bonchev–Trinajstić information content (AvgIpc) is 2.14. The van der Waals surface area contributed by atoms with E-state index in [9.17, 15) is 4.79 Å². The van der Waals surface area contributed by atoms with Crippen LogP contribution in [0.4, 0.5) is 0 Å². The van der Waals surface area contributed by atoms with Crippen molar-refractivity contribution in [3.63, 3.8) is 0 Å². The Morgan fingerprint density at radius 2 is 1.75 bits per heavy atom. The van der Waals surface area contributed by atoms with Crippen LogP contribution >= 0.6 is 11.8 Å². The lowest BCUT2D eigenvalue weighted by atomic mass is 10.3. The van der Waals surface area contributed by atoms with Crippen LogP contribution in [-0.2, 0) is 14.4 Å². The topological polar surface area (TPSA) is 51.2 Å². The summed E-state index contributed by atoms with van der Waals surface area (Å²) in [6.07, 6.45) is 5.10. The molecule has 0 saturated heterocycles. The fourth-order valence-electron chi connectivity index (χ4n) is 0.352. The minimum absolute atomic E-state index is 0.194. The first-order valence-electron chi connectivity index (χ1n) is 3.25. The van der Waals surface area contributed by atoms with Gasteiger partial charge in [0.15, 0.2) is 12.6 Å². The van der Waals surface area contributed by atoms with Gasteiger partial charge in [-0.2, -0.15) is 11.8 Å². The number of allylic oxidation sites excluding steroid dienone is 1. The van der Waals surface area contributed by atoms with Crippen molar-refractivity contribution in [3.8, 4) is 0 Å². The molecule has 0 aromatic rings. The highest BCUT2D eigenvalue weighted by molar-refractivity contribution is 7.98. The number of thioether (sulfide) groups is 1. The van der Waals surface area contributed by atoms with Gasteiger partial charge in [-0.3, -0.25) is 14.4 Å². The fourth-order valence-corrected chi connectivity index (χ4v) is 0.920. The maximum Gasteiger partial charge on any atom is 0.182 e. The molecule has 0 aliphatic carbocycles. The van der Waals surface area contributed by atoms with Gasteiger partial charge >= 0.3 is 0 Å². The first-order chi connectivity index (χ1) is 5.76. The third-order valence-electron chi connectivity index (χ3n) is 0.889. The van der Waals surface area contributed by atoms with Crippen LogP contribution in [0.3, 0.4) is 0 Å². The highest BCUT2D eigenvalue weighted by Crippen LogP contribution is 1.99. The van der Waals surface area contributed by atoms with Crippen molar-refractivity contribution in [2.75, 3.05) is 12.0 Å². The Morgan fingerprint density at radius 3 is 1.83 bits per heavy atom. The largest absolute Gasteiger partial charge is 0.298 e. The van der Waals surface area contributed by atoms with Gasteiger partial charge in [0.2, 0.25) is 0 Å². The predicted octanol–water partition coefficient (Wildman–Crippen LogP) is 0.879. The summed E-state index contributed by atoms with van der Waals surface area (Å²) < 4.78 is 0. The van der Waals surface area contributed by atoms with Crippen molar-refractivity contribution in [1.82, 2.24) is 0 Å². The lowest BCUT2D eigenvalue weighted by Gasteiger charge is -1.89. The standard InChI is InChI=1S/C6H10OS.C2H2O2/c1-3-6(4-7)5-8-2;3-1-2-4/h3-4H,5H2,1-2H3;1-2H/b6-3+;. The summed E-state index contributed by atoms with van der Waals surface area (Å²) in [6, 6.07) is 0. The zero-order valence-corrected chi connectivity index (χ0v) is 7.97. The molecule has 0 heterocycles. The minimum atomic E-state index is 0.194. The number of hydrogen-bond donors (Lipinski definition) is 0. The fraction of sp³-hybridized carbons (Fsp3) is 0.375. The van der Waals surface area contributed by atoms with Gasteiger partial charge in [-0.05, 0) is 18.8 Å². The number of carbonyl (C=O) groups is 3. The van der Waals surface area contributed by atoms with Crippen LogP contribution in [0.15, 0.2) is 11.6 Å². The molecule has 0 bridgehead atoms.